The third-order valence-corrected chi connectivity index (χ3v) is 6.42. The zero-order valence-corrected chi connectivity index (χ0v) is 14.2. The first-order valence-electron chi connectivity index (χ1n) is 7.98. The summed E-state index contributed by atoms with van der Waals surface area (Å²) in [5.74, 6) is 0. The minimum absolute atomic E-state index is 0.787. The van der Waals surface area contributed by atoms with E-state index in [9.17, 15) is 0 Å². The van der Waals surface area contributed by atoms with Gasteiger partial charge in [0.05, 0.1) is 0 Å². The number of hydrogen-bond donors (Lipinski definition) is 0. The summed E-state index contributed by atoms with van der Waals surface area (Å²) in [5, 5.41) is 6.23. The summed E-state index contributed by atoms with van der Waals surface area (Å²) in [6.07, 6.45) is 0. The SMILES string of the molecule is Clc1ccc2c(c1)-c1cccc3sc4ccc5cccc-2c5c4c13. The molecule has 0 saturated heterocycles. The van der Waals surface area contributed by atoms with Crippen LogP contribution in [0.4, 0.5) is 0 Å². The molecule has 0 saturated carbocycles. The van der Waals surface area contributed by atoms with Gasteiger partial charge in [-0.3, -0.25) is 0 Å². The maximum Gasteiger partial charge on any atom is 0.0412 e. The van der Waals surface area contributed by atoms with Gasteiger partial charge in [0.1, 0.15) is 0 Å². The standard InChI is InChI=1S/C22H11ClS/c23-13-8-9-14-15-4-1-3-12-7-10-19-22(20(12)15)21-16(17(14)11-13)5-2-6-18(21)24-19/h1-11H. The minimum atomic E-state index is 0.787. The first kappa shape index (κ1) is 13.0. The van der Waals surface area contributed by atoms with Crippen LogP contribution in [0.25, 0.3) is 53.2 Å². The van der Waals surface area contributed by atoms with Crippen LogP contribution in [0.15, 0.2) is 66.7 Å². The predicted octanol–water partition coefficient (Wildman–Crippen LogP) is 7.51. The summed E-state index contributed by atoms with van der Waals surface area (Å²) in [4.78, 5) is 0. The summed E-state index contributed by atoms with van der Waals surface area (Å²) in [6, 6.07) is 24.0. The molecular weight excluding hydrogens is 332 g/mol. The van der Waals surface area contributed by atoms with E-state index in [0.717, 1.165) is 5.02 Å². The van der Waals surface area contributed by atoms with E-state index in [4.69, 9.17) is 11.6 Å². The summed E-state index contributed by atoms with van der Waals surface area (Å²) in [7, 11) is 0. The third kappa shape index (κ3) is 1.49. The van der Waals surface area contributed by atoms with Gasteiger partial charge in [0.25, 0.3) is 0 Å². The van der Waals surface area contributed by atoms with E-state index < -0.39 is 0 Å². The molecule has 0 N–H and O–H groups in total. The highest BCUT2D eigenvalue weighted by molar-refractivity contribution is 7.26. The van der Waals surface area contributed by atoms with Gasteiger partial charge in [-0.2, -0.15) is 0 Å². The Morgan fingerprint density at radius 3 is 2.29 bits per heavy atom. The lowest BCUT2D eigenvalue weighted by atomic mass is 9.94. The van der Waals surface area contributed by atoms with Crippen molar-refractivity contribution >= 4 is 53.9 Å². The molecule has 0 bridgehead atoms. The van der Waals surface area contributed by atoms with Crippen LogP contribution in [0.5, 0.6) is 0 Å². The van der Waals surface area contributed by atoms with E-state index in [1.807, 2.05) is 17.4 Å². The summed E-state index contributed by atoms with van der Waals surface area (Å²) < 4.78 is 2.70. The lowest BCUT2D eigenvalue weighted by Gasteiger charge is -2.11. The molecule has 1 aliphatic rings. The van der Waals surface area contributed by atoms with E-state index in [-0.39, 0.29) is 0 Å². The topological polar surface area (TPSA) is 0 Å². The van der Waals surface area contributed by atoms with Crippen molar-refractivity contribution in [1.82, 2.24) is 0 Å². The number of halogens is 1. The van der Waals surface area contributed by atoms with Crippen LogP contribution in [-0.4, -0.2) is 0 Å². The predicted molar refractivity (Wildman–Crippen MR) is 106 cm³/mol. The smallest absolute Gasteiger partial charge is 0.0412 e. The van der Waals surface area contributed by atoms with Crippen molar-refractivity contribution in [3.8, 4) is 22.3 Å². The Balaban J connectivity index is 2.05. The number of thiophene rings is 1. The van der Waals surface area contributed by atoms with Crippen molar-refractivity contribution in [2.75, 3.05) is 0 Å². The quantitative estimate of drug-likeness (QED) is 0.268. The zero-order chi connectivity index (χ0) is 15.8. The molecule has 0 amide bonds. The van der Waals surface area contributed by atoms with Gasteiger partial charge in [-0.15, -0.1) is 11.3 Å². The Hall–Kier alpha value is -2.35. The molecular formula is C22H11ClS. The molecule has 1 aliphatic carbocycles. The van der Waals surface area contributed by atoms with E-state index >= 15 is 0 Å². The third-order valence-electron chi connectivity index (χ3n) is 5.07. The van der Waals surface area contributed by atoms with Crippen LogP contribution < -0.4 is 0 Å². The Labute approximate surface area is 147 Å². The Morgan fingerprint density at radius 2 is 1.38 bits per heavy atom. The van der Waals surface area contributed by atoms with Crippen molar-refractivity contribution in [2.24, 2.45) is 0 Å². The lowest BCUT2D eigenvalue weighted by molar-refractivity contribution is 1.64. The fourth-order valence-electron chi connectivity index (χ4n) is 4.11. The highest BCUT2D eigenvalue weighted by Crippen LogP contribution is 2.50. The van der Waals surface area contributed by atoms with Gasteiger partial charge in [-0.1, -0.05) is 54.1 Å². The molecule has 5 aromatic rings. The molecule has 24 heavy (non-hydrogen) atoms. The van der Waals surface area contributed by atoms with Gasteiger partial charge in [0, 0.05) is 25.2 Å². The van der Waals surface area contributed by atoms with Crippen LogP contribution in [0, 0.1) is 0 Å². The molecule has 4 aromatic carbocycles. The first-order valence-corrected chi connectivity index (χ1v) is 9.18. The van der Waals surface area contributed by atoms with Crippen LogP contribution >= 0.6 is 22.9 Å². The van der Waals surface area contributed by atoms with Crippen LogP contribution in [0.2, 0.25) is 5.02 Å². The molecule has 1 aromatic heterocycles. The zero-order valence-electron chi connectivity index (χ0n) is 12.6. The molecule has 0 nitrogen and oxygen atoms in total. The summed E-state index contributed by atoms with van der Waals surface area (Å²) >= 11 is 8.24. The monoisotopic (exact) mass is 342 g/mol. The molecule has 6 rings (SSSR count). The van der Waals surface area contributed by atoms with Crippen LogP contribution in [0.1, 0.15) is 0 Å². The number of hydrogen-bond acceptors (Lipinski definition) is 1. The van der Waals surface area contributed by atoms with Gasteiger partial charge in [-0.25, -0.2) is 0 Å². The molecule has 0 spiro atoms. The average Bonchev–Trinajstić information content (AvgIpc) is 2.94. The molecule has 0 atom stereocenters. The van der Waals surface area contributed by atoms with Crippen LogP contribution in [0.3, 0.4) is 0 Å². The van der Waals surface area contributed by atoms with Crippen molar-refractivity contribution in [2.45, 2.75) is 0 Å². The van der Waals surface area contributed by atoms with Gasteiger partial charge in [0.2, 0.25) is 0 Å². The maximum atomic E-state index is 6.36. The fourth-order valence-corrected chi connectivity index (χ4v) is 5.42. The second kappa shape index (κ2) is 4.38. The molecule has 1 heterocycles. The maximum absolute atomic E-state index is 6.36. The number of benzene rings is 4. The highest BCUT2D eigenvalue weighted by atomic mass is 35.5. The fraction of sp³-hybridized carbons (Fsp3) is 0. The van der Waals surface area contributed by atoms with Gasteiger partial charge < -0.3 is 0 Å². The molecule has 2 heteroatoms. The van der Waals surface area contributed by atoms with Crippen molar-refractivity contribution in [1.29, 1.82) is 0 Å². The van der Waals surface area contributed by atoms with Gasteiger partial charge in [0.15, 0.2) is 0 Å². The second-order valence-corrected chi connectivity index (χ2v) is 7.83. The molecule has 0 aliphatic heterocycles. The second-order valence-electron chi connectivity index (χ2n) is 6.31. The van der Waals surface area contributed by atoms with Crippen LogP contribution in [-0.2, 0) is 0 Å². The van der Waals surface area contributed by atoms with Crippen molar-refractivity contribution in [3.05, 3.63) is 71.8 Å². The summed E-state index contributed by atoms with van der Waals surface area (Å²) in [6.45, 7) is 0. The number of fused-ring (bicyclic) bond motifs is 3. The van der Waals surface area contributed by atoms with E-state index in [1.54, 1.807) is 0 Å². The number of rotatable bonds is 0. The normalized spacial score (nSPS) is 12.4. The molecule has 0 fully saturated rings. The Kier molecular flexibility index (Phi) is 2.37. The minimum Gasteiger partial charge on any atom is -0.135 e. The molecule has 112 valence electrons. The largest absolute Gasteiger partial charge is 0.135 e. The Bertz CT molecular complexity index is 1310. The average molecular weight is 343 g/mol. The van der Waals surface area contributed by atoms with E-state index in [2.05, 4.69) is 60.7 Å². The van der Waals surface area contributed by atoms with Crippen molar-refractivity contribution in [3.63, 3.8) is 0 Å². The first-order chi connectivity index (χ1) is 11.8. The van der Waals surface area contributed by atoms with Gasteiger partial charge >= 0.3 is 0 Å². The molecule has 0 unspecified atom stereocenters. The molecule has 0 radical (unpaired) electrons. The lowest BCUT2D eigenvalue weighted by Crippen LogP contribution is -1.85. The van der Waals surface area contributed by atoms with E-state index in [1.165, 1.54) is 53.2 Å². The van der Waals surface area contributed by atoms with Crippen molar-refractivity contribution < 1.29 is 0 Å². The summed E-state index contributed by atoms with van der Waals surface area (Å²) in [5.41, 5.74) is 5.10. The Morgan fingerprint density at radius 1 is 0.583 bits per heavy atom. The van der Waals surface area contributed by atoms with E-state index in [0.29, 0.717) is 0 Å². The van der Waals surface area contributed by atoms with Gasteiger partial charge in [-0.05, 0) is 57.3 Å². The highest BCUT2D eigenvalue weighted by Gasteiger charge is 2.21.